The Morgan fingerprint density at radius 1 is 1.12 bits per heavy atom. The lowest BCUT2D eigenvalue weighted by Crippen LogP contribution is -2.24. The number of nitrogens with one attached hydrogen (secondary N) is 1. The molecule has 24 heavy (non-hydrogen) atoms. The lowest BCUT2D eigenvalue weighted by Gasteiger charge is -2.10. The van der Waals surface area contributed by atoms with Gasteiger partial charge in [0.15, 0.2) is 5.82 Å². The maximum absolute atomic E-state index is 12.2. The van der Waals surface area contributed by atoms with Gasteiger partial charge < -0.3 is 4.42 Å². The van der Waals surface area contributed by atoms with Crippen LogP contribution in [0.1, 0.15) is 30.4 Å². The van der Waals surface area contributed by atoms with Crippen LogP contribution in [0.2, 0.25) is 0 Å². The summed E-state index contributed by atoms with van der Waals surface area (Å²) in [5.41, 5.74) is 0.927. The summed E-state index contributed by atoms with van der Waals surface area (Å²) in [6, 6.07) is 12.7. The molecule has 124 valence electrons. The van der Waals surface area contributed by atoms with E-state index < -0.39 is 10.0 Å². The third-order valence-corrected chi connectivity index (χ3v) is 5.18. The molecule has 7 nitrogen and oxygen atoms in total. The third-order valence-electron chi connectivity index (χ3n) is 3.89. The molecule has 8 heteroatoms. The summed E-state index contributed by atoms with van der Waals surface area (Å²) in [5.74, 6) is 1.83. The molecule has 0 bridgehead atoms. The van der Waals surface area contributed by atoms with Crippen molar-refractivity contribution >= 4 is 10.0 Å². The van der Waals surface area contributed by atoms with Crippen molar-refractivity contribution in [2.45, 2.75) is 30.4 Å². The van der Waals surface area contributed by atoms with Gasteiger partial charge in [-0.25, -0.2) is 13.1 Å². The molecule has 0 saturated heterocycles. The topological polar surface area (TPSA) is 90.0 Å². The van der Waals surface area contributed by atoms with Gasteiger partial charge in [0.1, 0.15) is 5.82 Å². The van der Waals surface area contributed by atoms with Crippen LogP contribution in [-0.2, 0) is 16.6 Å². The minimum absolute atomic E-state index is 0.0393. The van der Waals surface area contributed by atoms with Crippen molar-refractivity contribution in [3.63, 3.8) is 0 Å². The van der Waals surface area contributed by atoms with Crippen molar-refractivity contribution in [2.24, 2.45) is 0 Å². The molecule has 0 unspecified atom stereocenters. The van der Waals surface area contributed by atoms with Gasteiger partial charge in [-0.3, -0.25) is 4.57 Å². The Morgan fingerprint density at radius 2 is 1.92 bits per heavy atom. The molecular formula is C16H16N4O3S. The zero-order valence-electron chi connectivity index (χ0n) is 12.8. The number of hydrogen-bond acceptors (Lipinski definition) is 5. The first-order valence-corrected chi connectivity index (χ1v) is 9.16. The molecule has 1 aliphatic carbocycles. The zero-order valence-corrected chi connectivity index (χ0v) is 13.6. The summed E-state index contributed by atoms with van der Waals surface area (Å²) >= 11 is 0. The van der Waals surface area contributed by atoms with Crippen molar-refractivity contribution in [3.05, 3.63) is 60.4 Å². The van der Waals surface area contributed by atoms with Crippen molar-refractivity contribution in [2.75, 3.05) is 0 Å². The SMILES string of the molecule is O=S(=O)(NCc1nnc(C2CC2)n1-c1ccccc1)c1ccco1. The second-order valence-corrected chi connectivity index (χ2v) is 7.37. The van der Waals surface area contributed by atoms with Crippen molar-refractivity contribution in [3.8, 4) is 5.69 Å². The fourth-order valence-electron chi connectivity index (χ4n) is 2.56. The molecule has 1 saturated carbocycles. The Hall–Kier alpha value is -2.45. The summed E-state index contributed by atoms with van der Waals surface area (Å²) in [6.45, 7) is 0.0393. The van der Waals surface area contributed by atoms with Crippen molar-refractivity contribution in [1.29, 1.82) is 0 Å². The fraction of sp³-hybridized carbons (Fsp3) is 0.250. The number of para-hydroxylation sites is 1. The van der Waals surface area contributed by atoms with Crippen LogP contribution >= 0.6 is 0 Å². The average molecular weight is 344 g/mol. The molecule has 0 atom stereocenters. The number of nitrogens with zero attached hydrogens (tertiary/aromatic N) is 3. The quantitative estimate of drug-likeness (QED) is 0.740. The number of aromatic nitrogens is 3. The molecule has 1 fully saturated rings. The van der Waals surface area contributed by atoms with Gasteiger partial charge in [0.05, 0.1) is 12.8 Å². The summed E-state index contributed by atoms with van der Waals surface area (Å²) in [4.78, 5) is 0. The third kappa shape index (κ3) is 2.85. The Morgan fingerprint density at radius 3 is 2.58 bits per heavy atom. The Kier molecular flexibility index (Phi) is 3.70. The molecule has 2 aromatic heterocycles. The molecule has 2 heterocycles. The van der Waals surface area contributed by atoms with Gasteiger partial charge in [0, 0.05) is 11.6 Å². The van der Waals surface area contributed by atoms with E-state index in [0.29, 0.717) is 11.7 Å². The molecule has 0 aliphatic heterocycles. The smallest absolute Gasteiger partial charge is 0.274 e. The van der Waals surface area contributed by atoms with Gasteiger partial charge in [-0.15, -0.1) is 10.2 Å². The van der Waals surface area contributed by atoms with Gasteiger partial charge in [-0.1, -0.05) is 18.2 Å². The lowest BCUT2D eigenvalue weighted by atomic mass is 10.3. The highest BCUT2D eigenvalue weighted by molar-refractivity contribution is 7.89. The zero-order chi connectivity index (χ0) is 16.6. The highest BCUT2D eigenvalue weighted by Gasteiger charge is 2.31. The van der Waals surface area contributed by atoms with Gasteiger partial charge in [0.25, 0.3) is 10.0 Å². The molecule has 1 aromatic carbocycles. The number of sulfonamides is 1. The maximum Gasteiger partial charge on any atom is 0.274 e. The van der Waals surface area contributed by atoms with Crippen LogP contribution < -0.4 is 4.72 Å². The van der Waals surface area contributed by atoms with Crippen LogP contribution in [0.4, 0.5) is 0 Å². The van der Waals surface area contributed by atoms with E-state index in [4.69, 9.17) is 4.42 Å². The molecule has 0 radical (unpaired) electrons. The molecular weight excluding hydrogens is 328 g/mol. The van der Waals surface area contributed by atoms with E-state index in [9.17, 15) is 8.42 Å². The highest BCUT2D eigenvalue weighted by Crippen LogP contribution is 2.40. The molecule has 1 aliphatic rings. The van der Waals surface area contributed by atoms with E-state index in [-0.39, 0.29) is 11.6 Å². The van der Waals surface area contributed by atoms with E-state index in [0.717, 1.165) is 24.4 Å². The summed E-state index contributed by atoms with van der Waals surface area (Å²) in [5, 5.41) is 8.35. The second kappa shape index (κ2) is 5.88. The first kappa shape index (κ1) is 15.1. The number of rotatable bonds is 6. The molecule has 0 spiro atoms. The van der Waals surface area contributed by atoms with E-state index in [2.05, 4.69) is 14.9 Å². The minimum atomic E-state index is -3.71. The van der Waals surface area contributed by atoms with Gasteiger partial charge >= 0.3 is 0 Å². The van der Waals surface area contributed by atoms with Crippen LogP contribution in [0.3, 0.4) is 0 Å². The Labute approximate surface area is 139 Å². The molecule has 0 amide bonds. The Bertz CT molecular complexity index is 929. The van der Waals surface area contributed by atoms with Crippen molar-refractivity contribution in [1.82, 2.24) is 19.5 Å². The first-order valence-electron chi connectivity index (χ1n) is 7.68. The summed E-state index contributed by atoms with van der Waals surface area (Å²) in [6.07, 6.45) is 3.50. The van der Waals surface area contributed by atoms with E-state index in [1.165, 1.54) is 18.4 Å². The van der Waals surface area contributed by atoms with Crippen LogP contribution in [0.25, 0.3) is 5.69 Å². The fourth-order valence-corrected chi connectivity index (χ4v) is 3.46. The van der Waals surface area contributed by atoms with E-state index in [1.807, 2.05) is 34.9 Å². The maximum atomic E-state index is 12.2. The largest absolute Gasteiger partial charge is 0.452 e. The molecule has 4 rings (SSSR count). The van der Waals surface area contributed by atoms with E-state index >= 15 is 0 Å². The van der Waals surface area contributed by atoms with Crippen molar-refractivity contribution < 1.29 is 12.8 Å². The van der Waals surface area contributed by atoms with Crippen LogP contribution in [0.5, 0.6) is 0 Å². The average Bonchev–Trinajstić information content (AvgIpc) is 3.13. The van der Waals surface area contributed by atoms with Gasteiger partial charge in [-0.05, 0) is 37.1 Å². The Balaban J connectivity index is 1.64. The van der Waals surface area contributed by atoms with Crippen LogP contribution in [-0.4, -0.2) is 23.2 Å². The monoisotopic (exact) mass is 344 g/mol. The normalized spacial score (nSPS) is 14.8. The van der Waals surface area contributed by atoms with E-state index in [1.54, 1.807) is 0 Å². The van der Waals surface area contributed by atoms with Gasteiger partial charge in [0.2, 0.25) is 5.09 Å². The molecule has 1 N–H and O–H groups in total. The van der Waals surface area contributed by atoms with Gasteiger partial charge in [-0.2, -0.15) is 0 Å². The number of benzene rings is 1. The molecule has 3 aromatic rings. The van der Waals surface area contributed by atoms with Crippen LogP contribution in [0.15, 0.2) is 58.2 Å². The number of hydrogen-bond donors (Lipinski definition) is 1. The minimum Gasteiger partial charge on any atom is -0.452 e. The standard InChI is InChI=1S/C16H16N4O3S/c21-24(22,15-7-4-10-23-15)17-11-14-18-19-16(12-8-9-12)20(14)13-5-2-1-3-6-13/h1-7,10,12,17H,8-9,11H2. The lowest BCUT2D eigenvalue weighted by molar-refractivity contribution is 0.445. The second-order valence-electron chi connectivity index (χ2n) is 5.68. The predicted octanol–water partition coefficient (Wildman–Crippen LogP) is 2.22. The first-order chi connectivity index (χ1) is 11.6. The predicted molar refractivity (Wildman–Crippen MR) is 86.1 cm³/mol. The summed E-state index contributed by atoms with van der Waals surface area (Å²) < 4.78 is 33.8. The summed E-state index contributed by atoms with van der Waals surface area (Å²) in [7, 11) is -3.71. The number of furan rings is 1. The highest BCUT2D eigenvalue weighted by atomic mass is 32.2. The van der Waals surface area contributed by atoms with Crippen LogP contribution in [0, 0.1) is 0 Å².